The van der Waals surface area contributed by atoms with Crippen LogP contribution in [0.5, 0.6) is 5.75 Å². The fourth-order valence-electron chi connectivity index (χ4n) is 3.50. The second kappa shape index (κ2) is 10.0. The lowest BCUT2D eigenvalue weighted by atomic mass is 10.1. The van der Waals surface area contributed by atoms with E-state index in [0.717, 1.165) is 17.5 Å². The number of nitrogens with zero attached hydrogens (tertiary/aromatic N) is 1. The van der Waals surface area contributed by atoms with Crippen LogP contribution in [0.25, 0.3) is 0 Å². The first-order chi connectivity index (χ1) is 14.0. The average Bonchev–Trinajstić information content (AvgIpc) is 3.20. The number of halogens is 2. The Kier molecular flexibility index (Phi) is 7.16. The molecule has 1 saturated heterocycles. The molecule has 0 spiro atoms. The van der Waals surface area contributed by atoms with Crippen LogP contribution in [0.4, 0.5) is 8.78 Å². The third-order valence-electron chi connectivity index (χ3n) is 4.94. The molecule has 1 N–H and O–H groups in total. The van der Waals surface area contributed by atoms with Gasteiger partial charge in [-0.3, -0.25) is 9.59 Å². The molecule has 1 aliphatic heterocycles. The van der Waals surface area contributed by atoms with Gasteiger partial charge in [-0.25, -0.2) is 0 Å². The first kappa shape index (κ1) is 20.8. The predicted molar refractivity (Wildman–Crippen MR) is 105 cm³/mol. The second-order valence-electron chi connectivity index (χ2n) is 6.97. The molecule has 2 aromatic rings. The average molecular weight is 402 g/mol. The van der Waals surface area contributed by atoms with Crippen molar-refractivity contribution < 1.29 is 23.1 Å². The van der Waals surface area contributed by atoms with Gasteiger partial charge in [0.25, 0.3) is 0 Å². The Morgan fingerprint density at radius 2 is 1.79 bits per heavy atom. The fourth-order valence-corrected chi connectivity index (χ4v) is 3.50. The molecule has 1 aliphatic rings. The van der Waals surface area contributed by atoms with Crippen molar-refractivity contribution in [2.75, 3.05) is 13.1 Å². The molecule has 2 amide bonds. The van der Waals surface area contributed by atoms with E-state index in [0.29, 0.717) is 25.9 Å². The Morgan fingerprint density at radius 3 is 2.48 bits per heavy atom. The number of amides is 2. The minimum absolute atomic E-state index is 0.0385. The maximum Gasteiger partial charge on any atom is 0.387 e. The minimum atomic E-state index is -2.85. The lowest BCUT2D eigenvalue weighted by Crippen LogP contribution is -2.46. The van der Waals surface area contributed by atoms with E-state index in [2.05, 4.69) is 10.1 Å². The maximum atomic E-state index is 12.6. The highest BCUT2D eigenvalue weighted by atomic mass is 19.3. The van der Waals surface area contributed by atoms with Crippen molar-refractivity contribution in [1.29, 1.82) is 0 Å². The summed E-state index contributed by atoms with van der Waals surface area (Å²) in [6, 6.07) is 15.4. The lowest BCUT2D eigenvalue weighted by Gasteiger charge is -2.24. The first-order valence-electron chi connectivity index (χ1n) is 9.68. The SMILES string of the molecule is O=C(NCCc1ccc(OC(F)F)cc1)C1CCCN1C(=O)Cc1ccccc1. The molecule has 29 heavy (non-hydrogen) atoms. The molecule has 1 fully saturated rings. The smallest absolute Gasteiger partial charge is 0.387 e. The highest BCUT2D eigenvalue weighted by Gasteiger charge is 2.33. The van der Waals surface area contributed by atoms with Crippen LogP contribution in [0.3, 0.4) is 0 Å². The second-order valence-corrected chi connectivity index (χ2v) is 6.97. The fraction of sp³-hybridized carbons (Fsp3) is 0.364. The van der Waals surface area contributed by atoms with E-state index in [1.165, 1.54) is 12.1 Å². The van der Waals surface area contributed by atoms with E-state index in [9.17, 15) is 18.4 Å². The minimum Gasteiger partial charge on any atom is -0.435 e. The largest absolute Gasteiger partial charge is 0.435 e. The van der Waals surface area contributed by atoms with Gasteiger partial charge >= 0.3 is 6.61 Å². The highest BCUT2D eigenvalue weighted by molar-refractivity contribution is 5.89. The molecular weight excluding hydrogens is 378 g/mol. The molecule has 3 rings (SSSR count). The van der Waals surface area contributed by atoms with Gasteiger partial charge in [0.15, 0.2) is 0 Å². The summed E-state index contributed by atoms with van der Waals surface area (Å²) in [5.41, 5.74) is 1.83. The van der Waals surface area contributed by atoms with Crippen LogP contribution in [0, 0.1) is 0 Å². The third-order valence-corrected chi connectivity index (χ3v) is 4.94. The normalized spacial score (nSPS) is 16.1. The summed E-state index contributed by atoms with van der Waals surface area (Å²) < 4.78 is 28.7. The van der Waals surface area contributed by atoms with Crippen molar-refractivity contribution in [3.8, 4) is 5.75 Å². The van der Waals surface area contributed by atoms with Crippen molar-refractivity contribution in [2.24, 2.45) is 0 Å². The molecule has 0 bridgehead atoms. The zero-order chi connectivity index (χ0) is 20.6. The Hall–Kier alpha value is -2.96. The molecular formula is C22H24F2N2O3. The van der Waals surface area contributed by atoms with Gasteiger partial charge in [-0.1, -0.05) is 42.5 Å². The van der Waals surface area contributed by atoms with E-state index >= 15 is 0 Å². The molecule has 0 saturated carbocycles. The van der Waals surface area contributed by atoms with Crippen LogP contribution >= 0.6 is 0 Å². The zero-order valence-corrected chi connectivity index (χ0v) is 16.0. The van der Waals surface area contributed by atoms with Gasteiger partial charge in [-0.2, -0.15) is 8.78 Å². The van der Waals surface area contributed by atoms with Crippen molar-refractivity contribution in [3.63, 3.8) is 0 Å². The summed E-state index contributed by atoms with van der Waals surface area (Å²) >= 11 is 0. The monoisotopic (exact) mass is 402 g/mol. The number of ether oxygens (including phenoxy) is 1. The number of carbonyl (C=O) groups excluding carboxylic acids is 2. The summed E-state index contributed by atoms with van der Waals surface area (Å²) in [5.74, 6) is -0.0867. The highest BCUT2D eigenvalue weighted by Crippen LogP contribution is 2.19. The standard InChI is InChI=1S/C22H24F2N2O3/c23-22(24)29-18-10-8-16(9-11-18)12-13-25-21(28)19-7-4-14-26(19)20(27)15-17-5-2-1-3-6-17/h1-3,5-6,8-11,19,22H,4,7,12-15H2,(H,25,28). The van der Waals surface area contributed by atoms with Crippen LogP contribution in [0.2, 0.25) is 0 Å². The van der Waals surface area contributed by atoms with Gasteiger partial charge < -0.3 is 15.0 Å². The van der Waals surface area contributed by atoms with Crippen LogP contribution < -0.4 is 10.1 Å². The van der Waals surface area contributed by atoms with Crippen LogP contribution in [0.15, 0.2) is 54.6 Å². The van der Waals surface area contributed by atoms with Gasteiger partial charge in [0.05, 0.1) is 6.42 Å². The first-order valence-corrected chi connectivity index (χ1v) is 9.68. The van der Waals surface area contributed by atoms with Gasteiger partial charge in [0, 0.05) is 13.1 Å². The Morgan fingerprint density at radius 1 is 1.07 bits per heavy atom. The molecule has 0 aliphatic carbocycles. The van der Waals surface area contributed by atoms with Crippen molar-refractivity contribution in [1.82, 2.24) is 10.2 Å². The number of benzene rings is 2. The Balaban J connectivity index is 1.47. The molecule has 1 heterocycles. The van der Waals surface area contributed by atoms with Crippen LogP contribution in [-0.2, 0) is 22.4 Å². The van der Waals surface area contributed by atoms with Crippen molar-refractivity contribution >= 4 is 11.8 Å². The maximum absolute atomic E-state index is 12.6. The molecule has 2 aromatic carbocycles. The number of carbonyl (C=O) groups is 2. The topological polar surface area (TPSA) is 58.6 Å². The van der Waals surface area contributed by atoms with Crippen molar-refractivity contribution in [2.45, 2.75) is 38.3 Å². The van der Waals surface area contributed by atoms with E-state index < -0.39 is 12.7 Å². The molecule has 7 heteroatoms. The molecule has 1 unspecified atom stereocenters. The quantitative estimate of drug-likeness (QED) is 0.738. The molecule has 154 valence electrons. The molecule has 1 atom stereocenters. The number of hydrogen-bond donors (Lipinski definition) is 1. The van der Waals surface area contributed by atoms with Gasteiger partial charge in [-0.05, 0) is 42.5 Å². The van der Waals surface area contributed by atoms with Crippen LogP contribution in [0.1, 0.15) is 24.0 Å². The zero-order valence-electron chi connectivity index (χ0n) is 16.0. The summed E-state index contributed by atoms with van der Waals surface area (Å²) in [6.45, 7) is -1.85. The van der Waals surface area contributed by atoms with E-state index in [1.54, 1.807) is 17.0 Å². The Labute approximate surface area is 168 Å². The van der Waals surface area contributed by atoms with E-state index in [1.807, 2.05) is 30.3 Å². The summed E-state index contributed by atoms with van der Waals surface area (Å²) in [6.07, 6.45) is 2.32. The van der Waals surface area contributed by atoms with E-state index in [-0.39, 0.29) is 24.0 Å². The number of nitrogens with one attached hydrogen (secondary N) is 1. The predicted octanol–water partition coefficient (Wildman–Crippen LogP) is 3.18. The van der Waals surface area contributed by atoms with Gasteiger partial charge in [-0.15, -0.1) is 0 Å². The Bertz CT molecular complexity index is 813. The van der Waals surface area contributed by atoms with Gasteiger partial charge in [0.2, 0.25) is 11.8 Å². The third kappa shape index (κ3) is 6.01. The number of rotatable bonds is 8. The number of likely N-dealkylation sites (tertiary alicyclic amines) is 1. The van der Waals surface area contributed by atoms with Crippen LogP contribution in [-0.4, -0.2) is 42.5 Å². The summed E-state index contributed by atoms with van der Waals surface area (Å²) in [7, 11) is 0. The summed E-state index contributed by atoms with van der Waals surface area (Å²) in [5, 5.41) is 2.88. The van der Waals surface area contributed by atoms with Gasteiger partial charge in [0.1, 0.15) is 11.8 Å². The molecule has 0 aromatic heterocycles. The lowest BCUT2D eigenvalue weighted by molar-refractivity contribution is -0.137. The number of hydrogen-bond acceptors (Lipinski definition) is 3. The molecule has 0 radical (unpaired) electrons. The van der Waals surface area contributed by atoms with Crippen molar-refractivity contribution in [3.05, 3.63) is 65.7 Å². The van der Waals surface area contributed by atoms with E-state index in [4.69, 9.17) is 0 Å². The summed E-state index contributed by atoms with van der Waals surface area (Å²) in [4.78, 5) is 26.8. The number of alkyl halides is 2. The molecule has 5 nitrogen and oxygen atoms in total.